The van der Waals surface area contributed by atoms with Crippen LogP contribution in [-0.2, 0) is 4.74 Å². The summed E-state index contributed by atoms with van der Waals surface area (Å²) in [6.45, 7) is 5.28. The number of fused-ring (bicyclic) bond motifs is 4. The van der Waals surface area contributed by atoms with E-state index in [1.807, 2.05) is 24.4 Å². The maximum absolute atomic E-state index is 10.5. The van der Waals surface area contributed by atoms with Crippen molar-refractivity contribution in [1.29, 1.82) is 0 Å². The number of aromatic hydroxyl groups is 1. The van der Waals surface area contributed by atoms with Crippen molar-refractivity contribution >= 4 is 27.5 Å². The molecule has 37 heavy (non-hydrogen) atoms. The van der Waals surface area contributed by atoms with Gasteiger partial charge < -0.3 is 24.8 Å². The van der Waals surface area contributed by atoms with Gasteiger partial charge >= 0.3 is 6.01 Å². The van der Waals surface area contributed by atoms with Crippen LogP contribution in [0.15, 0.2) is 42.6 Å². The fraction of sp³-hybridized carbons (Fsp3) is 0.414. The molecular formula is C29H31N5O3. The van der Waals surface area contributed by atoms with Crippen molar-refractivity contribution < 1.29 is 14.6 Å². The van der Waals surface area contributed by atoms with E-state index in [1.165, 1.54) is 12.8 Å². The van der Waals surface area contributed by atoms with Gasteiger partial charge in [0.1, 0.15) is 17.7 Å². The molecule has 2 atom stereocenters. The van der Waals surface area contributed by atoms with Gasteiger partial charge in [-0.25, -0.2) is 0 Å². The SMILES string of the molecule is Cc1c(-c2cc(O)cc3ccccc23)ncc2c(N3CC4CCC(C3)N4)nc(OC3CCOCC3)nc12. The van der Waals surface area contributed by atoms with Crippen LogP contribution >= 0.6 is 0 Å². The summed E-state index contributed by atoms with van der Waals surface area (Å²) >= 11 is 0. The van der Waals surface area contributed by atoms with Gasteiger partial charge in [0.25, 0.3) is 0 Å². The molecule has 0 radical (unpaired) electrons. The average Bonchev–Trinajstić information content (AvgIpc) is 3.26. The second-order valence-electron chi connectivity index (χ2n) is 10.5. The molecule has 8 heteroatoms. The van der Waals surface area contributed by atoms with E-state index in [1.54, 1.807) is 12.1 Å². The molecule has 0 spiro atoms. The number of aromatic nitrogens is 3. The van der Waals surface area contributed by atoms with Crippen LogP contribution in [-0.4, -0.2) is 64.5 Å². The van der Waals surface area contributed by atoms with Gasteiger partial charge in [-0.15, -0.1) is 0 Å². The number of benzene rings is 2. The molecule has 0 amide bonds. The number of phenolic OH excluding ortho intramolecular Hbond substituents is 1. The lowest BCUT2D eigenvalue weighted by molar-refractivity contribution is 0.0219. The summed E-state index contributed by atoms with van der Waals surface area (Å²) in [5.41, 5.74) is 3.49. The number of anilines is 1. The van der Waals surface area contributed by atoms with Crippen molar-refractivity contribution in [2.24, 2.45) is 0 Å². The van der Waals surface area contributed by atoms with Gasteiger partial charge in [-0.2, -0.15) is 9.97 Å². The lowest BCUT2D eigenvalue weighted by atomic mass is 9.97. The van der Waals surface area contributed by atoms with Crippen LogP contribution in [0.3, 0.4) is 0 Å². The molecule has 2 bridgehead atoms. The Morgan fingerprint density at radius 3 is 2.59 bits per heavy atom. The van der Waals surface area contributed by atoms with Gasteiger partial charge in [0.05, 0.1) is 29.8 Å². The van der Waals surface area contributed by atoms with Crippen molar-refractivity contribution in [3.8, 4) is 23.0 Å². The Bertz CT molecular complexity index is 1470. The van der Waals surface area contributed by atoms with Gasteiger partial charge in [0.2, 0.25) is 0 Å². The summed E-state index contributed by atoms with van der Waals surface area (Å²) in [6, 6.07) is 13.0. The molecule has 190 valence electrons. The van der Waals surface area contributed by atoms with Crippen LogP contribution in [0, 0.1) is 6.92 Å². The number of aryl methyl sites for hydroxylation is 1. The van der Waals surface area contributed by atoms with Crippen molar-refractivity contribution in [3.63, 3.8) is 0 Å². The number of ether oxygens (including phenoxy) is 2. The van der Waals surface area contributed by atoms with E-state index in [9.17, 15) is 5.11 Å². The van der Waals surface area contributed by atoms with Crippen LogP contribution < -0.4 is 15.0 Å². The third-order valence-electron chi connectivity index (χ3n) is 8.00. The lowest BCUT2D eigenvalue weighted by Crippen LogP contribution is -2.51. The summed E-state index contributed by atoms with van der Waals surface area (Å²) in [4.78, 5) is 17.2. The summed E-state index contributed by atoms with van der Waals surface area (Å²) in [5.74, 6) is 1.12. The van der Waals surface area contributed by atoms with E-state index >= 15 is 0 Å². The van der Waals surface area contributed by atoms with Crippen LogP contribution in [0.25, 0.3) is 32.9 Å². The Morgan fingerprint density at radius 2 is 1.78 bits per heavy atom. The number of nitrogens with zero attached hydrogens (tertiary/aromatic N) is 4. The fourth-order valence-electron chi connectivity index (χ4n) is 6.15. The zero-order chi connectivity index (χ0) is 24.9. The molecule has 0 aliphatic carbocycles. The van der Waals surface area contributed by atoms with E-state index in [4.69, 9.17) is 24.4 Å². The monoisotopic (exact) mass is 497 g/mol. The van der Waals surface area contributed by atoms with E-state index < -0.39 is 0 Å². The molecule has 2 unspecified atom stereocenters. The Morgan fingerprint density at radius 1 is 1.00 bits per heavy atom. The molecule has 2 aromatic carbocycles. The summed E-state index contributed by atoms with van der Waals surface area (Å²) in [7, 11) is 0. The van der Waals surface area contributed by atoms with Crippen molar-refractivity contribution in [1.82, 2.24) is 20.3 Å². The molecule has 3 aliphatic heterocycles. The minimum atomic E-state index is 0.0508. The zero-order valence-corrected chi connectivity index (χ0v) is 21.0. The van der Waals surface area contributed by atoms with Crippen LogP contribution in [0.2, 0.25) is 0 Å². The lowest BCUT2D eigenvalue weighted by Gasteiger charge is -2.34. The van der Waals surface area contributed by atoms with Crippen LogP contribution in [0.4, 0.5) is 5.82 Å². The van der Waals surface area contributed by atoms with Crippen molar-refractivity contribution in [3.05, 3.63) is 48.2 Å². The first kappa shape index (κ1) is 22.7. The molecule has 0 saturated carbocycles. The molecular weight excluding hydrogens is 466 g/mol. The highest BCUT2D eigenvalue weighted by Gasteiger charge is 2.34. The molecule has 7 rings (SSSR count). The molecule has 8 nitrogen and oxygen atoms in total. The second kappa shape index (κ2) is 9.11. The first-order chi connectivity index (χ1) is 18.1. The standard InChI is InChI=1S/C29H31N5O3/c1-17-26(24-13-21(35)12-18-4-2-3-5-23(18)24)30-14-25-27(17)32-29(37-22-8-10-36-11-9-22)33-28(25)34-15-19-6-7-20(16-34)31-19/h2-5,12-14,19-20,22,31,35H,6-11,15-16H2,1H3. The quantitative estimate of drug-likeness (QED) is 0.430. The van der Waals surface area contributed by atoms with Crippen LogP contribution in [0.5, 0.6) is 11.8 Å². The summed E-state index contributed by atoms with van der Waals surface area (Å²) in [6.07, 6.45) is 6.02. The van der Waals surface area contributed by atoms with Gasteiger partial charge in [-0.05, 0) is 42.7 Å². The third kappa shape index (κ3) is 4.14. The van der Waals surface area contributed by atoms with Crippen molar-refractivity contribution in [2.75, 3.05) is 31.2 Å². The highest BCUT2D eigenvalue weighted by Crippen LogP contribution is 2.38. The number of hydrogen-bond acceptors (Lipinski definition) is 8. The number of piperazine rings is 1. The average molecular weight is 498 g/mol. The Labute approximate surface area is 215 Å². The van der Waals surface area contributed by atoms with Gasteiger partial charge in [0.15, 0.2) is 0 Å². The molecule has 4 aromatic rings. The molecule has 5 heterocycles. The Kier molecular flexibility index (Phi) is 5.59. The van der Waals surface area contributed by atoms with E-state index in [0.29, 0.717) is 31.3 Å². The molecule has 2 N–H and O–H groups in total. The number of rotatable bonds is 4. The minimum absolute atomic E-state index is 0.0508. The zero-order valence-electron chi connectivity index (χ0n) is 21.0. The third-order valence-corrected chi connectivity index (χ3v) is 8.00. The number of phenols is 1. The molecule has 3 fully saturated rings. The normalized spacial score (nSPS) is 22.1. The first-order valence-electron chi connectivity index (χ1n) is 13.3. The van der Waals surface area contributed by atoms with E-state index in [2.05, 4.69) is 23.2 Å². The largest absolute Gasteiger partial charge is 0.508 e. The second-order valence-corrected chi connectivity index (χ2v) is 10.5. The molecule has 3 aliphatic rings. The predicted octanol–water partition coefficient (Wildman–Crippen LogP) is 4.36. The van der Waals surface area contributed by atoms with Crippen LogP contribution in [0.1, 0.15) is 31.2 Å². The maximum atomic E-state index is 10.5. The maximum Gasteiger partial charge on any atom is 0.319 e. The highest BCUT2D eigenvalue weighted by molar-refractivity contribution is 6.01. The topological polar surface area (TPSA) is 92.6 Å². The van der Waals surface area contributed by atoms with Gasteiger partial charge in [0, 0.05) is 55.3 Å². The summed E-state index contributed by atoms with van der Waals surface area (Å²) in [5, 5.41) is 17.1. The fourth-order valence-corrected chi connectivity index (χ4v) is 6.15. The predicted molar refractivity (Wildman–Crippen MR) is 143 cm³/mol. The molecule has 3 saturated heterocycles. The highest BCUT2D eigenvalue weighted by atomic mass is 16.5. The van der Waals surface area contributed by atoms with Crippen molar-refractivity contribution in [2.45, 2.75) is 50.8 Å². The Hall–Kier alpha value is -3.49. The number of hydrogen-bond donors (Lipinski definition) is 2. The number of pyridine rings is 1. The molecule has 2 aromatic heterocycles. The minimum Gasteiger partial charge on any atom is -0.508 e. The van der Waals surface area contributed by atoms with Gasteiger partial charge in [-0.3, -0.25) is 4.98 Å². The van der Waals surface area contributed by atoms with Gasteiger partial charge in [-0.1, -0.05) is 24.3 Å². The van der Waals surface area contributed by atoms with E-state index in [-0.39, 0.29) is 11.9 Å². The first-order valence-corrected chi connectivity index (χ1v) is 13.3. The Balaban J connectivity index is 1.39. The number of nitrogens with one attached hydrogen (secondary N) is 1. The smallest absolute Gasteiger partial charge is 0.319 e. The van der Waals surface area contributed by atoms with E-state index in [0.717, 1.165) is 70.2 Å². The summed E-state index contributed by atoms with van der Waals surface area (Å²) < 4.78 is 11.9.